The van der Waals surface area contributed by atoms with Gasteiger partial charge < -0.3 is 10.4 Å². The highest BCUT2D eigenvalue weighted by molar-refractivity contribution is 7.99. The maximum absolute atomic E-state index is 5.85. The number of thioether (sulfide) groups is 1. The number of aromatic nitrogens is 5. The third-order valence-corrected chi connectivity index (χ3v) is 4.34. The normalized spacial score (nSPS) is 12.5. The summed E-state index contributed by atoms with van der Waals surface area (Å²) in [7, 11) is 0. The lowest BCUT2D eigenvalue weighted by Crippen LogP contribution is -2.11. The highest BCUT2D eigenvalue weighted by Gasteiger charge is 2.20. The van der Waals surface area contributed by atoms with E-state index in [1.807, 2.05) is 38.1 Å². The van der Waals surface area contributed by atoms with Crippen molar-refractivity contribution in [1.29, 1.82) is 0 Å². The van der Waals surface area contributed by atoms with Crippen molar-refractivity contribution in [2.75, 3.05) is 5.84 Å². The first kappa shape index (κ1) is 14.6. The van der Waals surface area contributed by atoms with Gasteiger partial charge in [0, 0.05) is 5.56 Å². The van der Waals surface area contributed by atoms with Crippen LogP contribution in [0.2, 0.25) is 0 Å². The molecule has 0 bridgehead atoms. The molecule has 0 aliphatic rings. The molecule has 0 amide bonds. The van der Waals surface area contributed by atoms with Gasteiger partial charge in [-0.3, -0.25) is 0 Å². The van der Waals surface area contributed by atoms with Gasteiger partial charge in [0.25, 0.3) is 0 Å². The van der Waals surface area contributed by atoms with Gasteiger partial charge >= 0.3 is 0 Å². The monoisotopic (exact) mass is 316 g/mol. The lowest BCUT2D eigenvalue weighted by molar-refractivity contribution is 0.380. The molecule has 1 aromatic carbocycles. The first-order valence-electron chi connectivity index (χ1n) is 6.79. The molecule has 2 heterocycles. The van der Waals surface area contributed by atoms with E-state index >= 15 is 0 Å². The maximum Gasteiger partial charge on any atom is 0.240 e. The van der Waals surface area contributed by atoms with Gasteiger partial charge in [-0.2, -0.15) is 4.98 Å². The number of aryl methyl sites for hydroxylation is 2. The van der Waals surface area contributed by atoms with Gasteiger partial charge in [-0.05, 0) is 26.3 Å². The van der Waals surface area contributed by atoms with Crippen LogP contribution in [0.4, 0.5) is 0 Å². The molecule has 0 spiro atoms. The highest BCUT2D eigenvalue weighted by Crippen LogP contribution is 2.33. The first-order chi connectivity index (χ1) is 10.6. The van der Waals surface area contributed by atoms with E-state index < -0.39 is 0 Å². The SMILES string of the molecule is Cc1ccccc1-c1noc([C@@H](C)Sc2nnc(C)n2N)n1. The molecule has 0 aliphatic carbocycles. The second kappa shape index (κ2) is 5.80. The number of hydrogen-bond acceptors (Lipinski definition) is 7. The maximum atomic E-state index is 5.85. The first-order valence-corrected chi connectivity index (χ1v) is 7.67. The lowest BCUT2D eigenvalue weighted by Gasteiger charge is -2.05. The Balaban J connectivity index is 1.81. The standard InChI is InChI=1S/C14H16N6OS/c1-8-6-4-5-7-11(8)12-16-13(21-19-12)9(2)22-14-18-17-10(3)20(14)15/h4-7,9H,15H2,1-3H3/t9-/m1/s1. The molecule has 2 aromatic heterocycles. The number of benzene rings is 1. The minimum absolute atomic E-state index is 0.0730. The second-order valence-corrected chi connectivity index (χ2v) is 6.24. The molecule has 1 atom stereocenters. The van der Waals surface area contributed by atoms with Crippen LogP contribution in [0.3, 0.4) is 0 Å². The molecule has 0 aliphatic heterocycles. The summed E-state index contributed by atoms with van der Waals surface area (Å²) in [6, 6.07) is 7.93. The number of nitrogens with two attached hydrogens (primary N) is 1. The van der Waals surface area contributed by atoms with E-state index in [2.05, 4.69) is 20.3 Å². The molecule has 0 saturated heterocycles. The van der Waals surface area contributed by atoms with Crippen LogP contribution in [0.5, 0.6) is 0 Å². The van der Waals surface area contributed by atoms with Crippen molar-refractivity contribution in [3.05, 3.63) is 41.5 Å². The quantitative estimate of drug-likeness (QED) is 0.583. The van der Waals surface area contributed by atoms with Crippen molar-refractivity contribution < 1.29 is 4.52 Å². The molecule has 2 N–H and O–H groups in total. The number of nitrogens with zero attached hydrogens (tertiary/aromatic N) is 5. The Kier molecular flexibility index (Phi) is 3.84. The van der Waals surface area contributed by atoms with Gasteiger partial charge in [-0.25, -0.2) is 4.68 Å². The molecule has 0 unspecified atom stereocenters. The van der Waals surface area contributed by atoms with Crippen LogP contribution in [0, 0.1) is 13.8 Å². The van der Waals surface area contributed by atoms with Crippen LogP contribution in [-0.2, 0) is 0 Å². The minimum Gasteiger partial charge on any atom is -0.338 e. The van der Waals surface area contributed by atoms with E-state index in [1.54, 1.807) is 6.92 Å². The predicted octanol–water partition coefficient (Wildman–Crippen LogP) is 2.51. The van der Waals surface area contributed by atoms with Crippen molar-refractivity contribution in [2.24, 2.45) is 0 Å². The van der Waals surface area contributed by atoms with Crippen LogP contribution in [-0.4, -0.2) is 25.0 Å². The average molecular weight is 316 g/mol. The third kappa shape index (κ3) is 2.69. The fraction of sp³-hybridized carbons (Fsp3) is 0.286. The van der Waals surface area contributed by atoms with Gasteiger partial charge in [0.05, 0.1) is 5.25 Å². The van der Waals surface area contributed by atoms with Crippen molar-refractivity contribution >= 4 is 11.8 Å². The van der Waals surface area contributed by atoms with Crippen LogP contribution in [0.1, 0.15) is 29.5 Å². The third-order valence-electron chi connectivity index (χ3n) is 3.29. The Morgan fingerprint density at radius 2 is 2.00 bits per heavy atom. The second-order valence-electron chi connectivity index (χ2n) is 4.93. The summed E-state index contributed by atoms with van der Waals surface area (Å²) >= 11 is 1.42. The van der Waals surface area contributed by atoms with Crippen molar-refractivity contribution in [1.82, 2.24) is 25.0 Å². The Labute approximate surface area is 131 Å². The van der Waals surface area contributed by atoms with Gasteiger partial charge in [0.15, 0.2) is 0 Å². The van der Waals surface area contributed by atoms with Gasteiger partial charge in [-0.1, -0.05) is 41.2 Å². The largest absolute Gasteiger partial charge is 0.338 e. The van der Waals surface area contributed by atoms with E-state index in [1.165, 1.54) is 16.4 Å². The Bertz CT molecular complexity index is 796. The summed E-state index contributed by atoms with van der Waals surface area (Å²) in [5.41, 5.74) is 2.07. The van der Waals surface area contributed by atoms with Crippen LogP contribution in [0.25, 0.3) is 11.4 Å². The zero-order valence-corrected chi connectivity index (χ0v) is 13.3. The molecule has 0 radical (unpaired) electrons. The number of rotatable bonds is 4. The molecule has 8 heteroatoms. The minimum atomic E-state index is -0.0730. The summed E-state index contributed by atoms with van der Waals surface area (Å²) in [6.07, 6.45) is 0. The summed E-state index contributed by atoms with van der Waals surface area (Å²) in [5.74, 6) is 7.62. The van der Waals surface area contributed by atoms with Crippen LogP contribution in [0.15, 0.2) is 33.9 Å². The van der Waals surface area contributed by atoms with Gasteiger partial charge in [0.1, 0.15) is 5.82 Å². The van der Waals surface area contributed by atoms with Crippen LogP contribution < -0.4 is 5.84 Å². The fourth-order valence-electron chi connectivity index (χ4n) is 1.97. The van der Waals surface area contributed by atoms with Crippen LogP contribution >= 0.6 is 11.8 Å². The van der Waals surface area contributed by atoms with Crippen molar-refractivity contribution in [3.63, 3.8) is 0 Å². The molecule has 7 nitrogen and oxygen atoms in total. The number of hydrogen-bond donors (Lipinski definition) is 1. The molecule has 114 valence electrons. The highest BCUT2D eigenvalue weighted by atomic mass is 32.2. The Hall–Kier alpha value is -2.35. The summed E-state index contributed by atoms with van der Waals surface area (Å²) in [6.45, 7) is 5.78. The van der Waals surface area contributed by atoms with E-state index in [4.69, 9.17) is 10.4 Å². The van der Waals surface area contributed by atoms with E-state index in [9.17, 15) is 0 Å². The average Bonchev–Trinajstić information content (AvgIpc) is 3.10. The topological polar surface area (TPSA) is 95.7 Å². The smallest absolute Gasteiger partial charge is 0.240 e. The Morgan fingerprint density at radius 3 is 2.68 bits per heavy atom. The molecule has 0 fully saturated rings. The fourth-order valence-corrected chi connectivity index (χ4v) is 2.82. The van der Waals surface area contributed by atoms with Crippen molar-refractivity contribution in [2.45, 2.75) is 31.2 Å². The van der Waals surface area contributed by atoms with E-state index in [-0.39, 0.29) is 5.25 Å². The zero-order chi connectivity index (χ0) is 15.7. The lowest BCUT2D eigenvalue weighted by atomic mass is 10.1. The van der Waals surface area contributed by atoms with Gasteiger partial charge in [-0.15, -0.1) is 10.2 Å². The van der Waals surface area contributed by atoms with E-state index in [0.717, 1.165) is 11.1 Å². The zero-order valence-electron chi connectivity index (χ0n) is 12.5. The molecular weight excluding hydrogens is 300 g/mol. The molecule has 22 heavy (non-hydrogen) atoms. The molecule has 3 aromatic rings. The van der Waals surface area contributed by atoms with Gasteiger partial charge in [0.2, 0.25) is 16.9 Å². The number of nitrogen functional groups attached to an aromatic ring is 1. The summed E-state index contributed by atoms with van der Waals surface area (Å²) < 4.78 is 6.82. The van der Waals surface area contributed by atoms with Crippen molar-refractivity contribution in [3.8, 4) is 11.4 Å². The predicted molar refractivity (Wildman–Crippen MR) is 83.7 cm³/mol. The molecular formula is C14H16N6OS. The summed E-state index contributed by atoms with van der Waals surface area (Å²) in [5, 5.41) is 12.6. The Morgan fingerprint density at radius 1 is 1.23 bits per heavy atom. The molecule has 0 saturated carbocycles. The summed E-state index contributed by atoms with van der Waals surface area (Å²) in [4.78, 5) is 4.48. The van der Waals surface area contributed by atoms with E-state index in [0.29, 0.717) is 22.7 Å². The molecule has 3 rings (SSSR count).